The second kappa shape index (κ2) is 6.30. The van der Waals surface area contributed by atoms with E-state index < -0.39 is 0 Å². The SMILES string of the molecule is CC1=NC(C)(c2ccc3ccccc3c2C2c3ccccc3-c3ccccc32)CO1. The van der Waals surface area contributed by atoms with Gasteiger partial charge < -0.3 is 4.74 Å². The van der Waals surface area contributed by atoms with Gasteiger partial charge in [0.1, 0.15) is 12.1 Å². The zero-order chi connectivity index (χ0) is 20.3. The largest absolute Gasteiger partial charge is 0.478 e. The fraction of sp³-hybridized carbons (Fsp3) is 0.179. The highest BCUT2D eigenvalue weighted by molar-refractivity contribution is 5.92. The molecule has 30 heavy (non-hydrogen) atoms. The monoisotopic (exact) mass is 389 g/mol. The molecule has 1 heterocycles. The fourth-order valence-corrected chi connectivity index (χ4v) is 5.34. The summed E-state index contributed by atoms with van der Waals surface area (Å²) in [6.45, 7) is 4.73. The molecule has 1 aliphatic carbocycles. The lowest BCUT2D eigenvalue weighted by molar-refractivity contribution is 0.267. The van der Waals surface area contributed by atoms with E-state index in [1.807, 2.05) is 6.92 Å². The molecule has 4 aromatic carbocycles. The van der Waals surface area contributed by atoms with Gasteiger partial charge in [-0.3, -0.25) is 0 Å². The number of fused-ring (bicyclic) bond motifs is 4. The van der Waals surface area contributed by atoms with E-state index in [0.29, 0.717) is 6.61 Å². The minimum Gasteiger partial charge on any atom is -0.478 e. The Hall–Kier alpha value is -3.39. The van der Waals surface area contributed by atoms with Crippen LogP contribution in [0.5, 0.6) is 0 Å². The number of rotatable bonds is 2. The number of ether oxygens (including phenoxy) is 1. The van der Waals surface area contributed by atoms with Gasteiger partial charge in [0, 0.05) is 12.8 Å². The maximum Gasteiger partial charge on any atom is 0.181 e. The van der Waals surface area contributed by atoms with Crippen molar-refractivity contribution in [1.29, 1.82) is 0 Å². The molecule has 0 radical (unpaired) electrons. The summed E-state index contributed by atoms with van der Waals surface area (Å²) in [5.74, 6) is 0.954. The normalized spacial score (nSPS) is 20.0. The maximum atomic E-state index is 5.84. The van der Waals surface area contributed by atoms with Gasteiger partial charge in [-0.15, -0.1) is 0 Å². The average molecular weight is 389 g/mol. The second-order valence-corrected chi connectivity index (χ2v) is 8.55. The Morgan fingerprint density at radius 3 is 2.10 bits per heavy atom. The minimum absolute atomic E-state index is 0.187. The highest BCUT2D eigenvalue weighted by Gasteiger charge is 2.39. The lowest BCUT2D eigenvalue weighted by atomic mass is 9.78. The van der Waals surface area contributed by atoms with E-state index in [1.54, 1.807) is 0 Å². The van der Waals surface area contributed by atoms with Crippen LogP contribution < -0.4 is 0 Å². The van der Waals surface area contributed by atoms with Gasteiger partial charge in [-0.25, -0.2) is 4.99 Å². The van der Waals surface area contributed by atoms with Crippen molar-refractivity contribution < 1.29 is 4.74 Å². The number of nitrogens with zero attached hydrogens (tertiary/aromatic N) is 1. The summed E-state index contributed by atoms with van der Waals surface area (Å²) in [5.41, 5.74) is 7.66. The van der Waals surface area contributed by atoms with E-state index >= 15 is 0 Å². The Balaban J connectivity index is 1.72. The first-order valence-corrected chi connectivity index (χ1v) is 10.6. The van der Waals surface area contributed by atoms with Crippen LogP contribution in [0.4, 0.5) is 0 Å². The highest BCUT2D eigenvalue weighted by Crippen LogP contribution is 2.52. The third kappa shape index (κ3) is 2.40. The minimum atomic E-state index is -0.379. The first-order chi connectivity index (χ1) is 14.7. The van der Waals surface area contributed by atoms with Crippen LogP contribution in [0.15, 0.2) is 89.9 Å². The van der Waals surface area contributed by atoms with Crippen molar-refractivity contribution in [1.82, 2.24) is 0 Å². The second-order valence-electron chi connectivity index (χ2n) is 8.55. The van der Waals surface area contributed by atoms with E-state index in [1.165, 1.54) is 44.2 Å². The lowest BCUT2D eigenvalue weighted by Gasteiger charge is -2.28. The molecule has 0 aromatic heterocycles. The lowest BCUT2D eigenvalue weighted by Crippen LogP contribution is -2.24. The molecule has 0 spiro atoms. The third-order valence-electron chi connectivity index (χ3n) is 6.64. The molecule has 0 N–H and O–H groups in total. The zero-order valence-electron chi connectivity index (χ0n) is 17.2. The van der Waals surface area contributed by atoms with Crippen molar-refractivity contribution in [2.45, 2.75) is 25.3 Å². The van der Waals surface area contributed by atoms with Crippen molar-refractivity contribution >= 4 is 16.7 Å². The summed E-state index contributed by atoms with van der Waals surface area (Å²) in [7, 11) is 0. The van der Waals surface area contributed by atoms with Crippen molar-refractivity contribution in [3.05, 3.63) is 107 Å². The van der Waals surface area contributed by atoms with Gasteiger partial charge in [-0.05, 0) is 51.1 Å². The van der Waals surface area contributed by atoms with Crippen LogP contribution in [0, 0.1) is 0 Å². The Labute approximate surface area is 176 Å². The summed E-state index contributed by atoms with van der Waals surface area (Å²) < 4.78 is 5.84. The molecule has 0 saturated carbocycles. The summed E-state index contributed by atoms with van der Waals surface area (Å²) in [5, 5.41) is 2.56. The topological polar surface area (TPSA) is 21.6 Å². The third-order valence-corrected chi connectivity index (χ3v) is 6.64. The molecule has 0 bridgehead atoms. The van der Waals surface area contributed by atoms with E-state index in [-0.39, 0.29) is 11.5 Å². The summed E-state index contributed by atoms with van der Waals surface area (Å²) >= 11 is 0. The number of hydrogen-bond donors (Lipinski definition) is 0. The molecule has 0 amide bonds. The van der Waals surface area contributed by atoms with E-state index in [0.717, 1.165) is 5.90 Å². The van der Waals surface area contributed by atoms with E-state index in [4.69, 9.17) is 9.73 Å². The van der Waals surface area contributed by atoms with Crippen molar-refractivity contribution in [2.24, 2.45) is 4.99 Å². The Kier molecular flexibility index (Phi) is 3.67. The molecular weight excluding hydrogens is 366 g/mol. The number of hydrogen-bond acceptors (Lipinski definition) is 2. The van der Waals surface area contributed by atoms with Crippen LogP contribution in [0.3, 0.4) is 0 Å². The van der Waals surface area contributed by atoms with Crippen LogP contribution in [0.1, 0.15) is 42.0 Å². The van der Waals surface area contributed by atoms with Crippen LogP contribution in [-0.2, 0) is 10.3 Å². The number of aliphatic imine (C=N–C) groups is 1. The molecule has 1 atom stereocenters. The first-order valence-electron chi connectivity index (χ1n) is 10.6. The maximum absolute atomic E-state index is 5.84. The molecule has 1 aliphatic heterocycles. The molecule has 1 unspecified atom stereocenters. The van der Waals surface area contributed by atoms with Gasteiger partial charge >= 0.3 is 0 Å². The summed E-state index contributed by atoms with van der Waals surface area (Å²) in [6, 6.07) is 30.9. The molecule has 2 nitrogen and oxygen atoms in total. The number of benzene rings is 4. The van der Waals surface area contributed by atoms with Crippen molar-refractivity contribution in [3.8, 4) is 11.1 Å². The van der Waals surface area contributed by atoms with Crippen LogP contribution in [-0.4, -0.2) is 12.5 Å². The Bertz CT molecular complexity index is 1290. The van der Waals surface area contributed by atoms with Crippen LogP contribution in [0.2, 0.25) is 0 Å². The van der Waals surface area contributed by atoms with Crippen LogP contribution >= 0.6 is 0 Å². The van der Waals surface area contributed by atoms with E-state index in [9.17, 15) is 0 Å². The molecule has 0 saturated heterocycles. The molecule has 2 heteroatoms. The summed E-state index contributed by atoms with van der Waals surface area (Å²) in [6.07, 6.45) is 0. The predicted molar refractivity (Wildman–Crippen MR) is 123 cm³/mol. The van der Waals surface area contributed by atoms with Gasteiger partial charge in [0.15, 0.2) is 5.90 Å². The average Bonchev–Trinajstić information content (AvgIpc) is 3.30. The van der Waals surface area contributed by atoms with Gasteiger partial charge in [0.05, 0.1) is 0 Å². The van der Waals surface area contributed by atoms with Gasteiger partial charge in [0.2, 0.25) is 0 Å². The van der Waals surface area contributed by atoms with Gasteiger partial charge in [-0.2, -0.15) is 0 Å². The predicted octanol–water partition coefficient (Wildman–Crippen LogP) is 6.66. The molecule has 4 aromatic rings. The first kappa shape index (κ1) is 17.5. The quantitative estimate of drug-likeness (QED) is 0.331. The highest BCUT2D eigenvalue weighted by atomic mass is 16.5. The zero-order valence-corrected chi connectivity index (χ0v) is 17.2. The smallest absolute Gasteiger partial charge is 0.181 e. The van der Waals surface area contributed by atoms with Gasteiger partial charge in [0.25, 0.3) is 0 Å². The molecule has 146 valence electrons. The van der Waals surface area contributed by atoms with E-state index in [2.05, 4.69) is 91.9 Å². The molecule has 2 aliphatic rings. The van der Waals surface area contributed by atoms with Crippen molar-refractivity contribution in [2.75, 3.05) is 6.61 Å². The fourth-order valence-electron chi connectivity index (χ4n) is 5.34. The molecule has 0 fully saturated rings. The molecular formula is C28H23NO. The van der Waals surface area contributed by atoms with Crippen LogP contribution in [0.25, 0.3) is 21.9 Å². The summed E-state index contributed by atoms with van der Waals surface area (Å²) in [4.78, 5) is 4.94. The van der Waals surface area contributed by atoms with Crippen molar-refractivity contribution in [3.63, 3.8) is 0 Å². The molecule has 6 rings (SSSR count). The Morgan fingerprint density at radius 1 is 0.800 bits per heavy atom. The van der Waals surface area contributed by atoms with Gasteiger partial charge in [-0.1, -0.05) is 84.9 Å². The Morgan fingerprint density at radius 2 is 1.43 bits per heavy atom. The standard InChI is InChI=1S/C28H23NO/c1-18-29-28(2,17-30-18)25-16-15-19-9-3-4-10-20(19)27(25)26-23-13-7-5-11-21(23)22-12-6-8-14-24(22)26/h3-16,26H,17H2,1-2H3.